The van der Waals surface area contributed by atoms with Gasteiger partial charge in [0.2, 0.25) is 5.91 Å². The fourth-order valence-corrected chi connectivity index (χ4v) is 4.35. The topological polar surface area (TPSA) is 35.6 Å². The summed E-state index contributed by atoms with van der Waals surface area (Å²) in [4.78, 5) is 17.3. The second-order valence-corrected chi connectivity index (χ2v) is 7.36. The molecule has 3 rings (SSSR count). The Morgan fingerprint density at radius 2 is 1.77 bits per heavy atom. The Morgan fingerprint density at radius 3 is 2.42 bits per heavy atom. The molecule has 1 saturated heterocycles. The molecule has 1 amide bonds. The summed E-state index contributed by atoms with van der Waals surface area (Å²) in [6.45, 7) is 4.58. The molecule has 1 aromatic rings. The highest BCUT2D eigenvalue weighted by Gasteiger charge is 2.43. The first-order valence-electron chi connectivity index (χ1n) is 9.45. The number of carbonyl (C=O) groups is 1. The molecular weight excluding hydrogens is 369 g/mol. The molecule has 1 spiro atoms. The Morgan fingerprint density at radius 1 is 1.08 bits per heavy atom. The van der Waals surface area contributed by atoms with Crippen LogP contribution >= 0.6 is 24.8 Å². The SMILES string of the molecule is CNCCC(=O)N1CCN(Cc2ccccc2)C2(CCCCC2)C1.Cl.Cl. The van der Waals surface area contributed by atoms with Crippen LogP contribution in [0.1, 0.15) is 44.1 Å². The zero-order valence-corrected chi connectivity index (χ0v) is 17.4. The molecule has 0 unspecified atom stereocenters. The Kier molecular flexibility index (Phi) is 9.94. The number of piperazine rings is 1. The van der Waals surface area contributed by atoms with Crippen molar-refractivity contribution >= 4 is 30.7 Å². The van der Waals surface area contributed by atoms with Crippen LogP contribution in [0.3, 0.4) is 0 Å². The van der Waals surface area contributed by atoms with Crippen LogP contribution in [0.4, 0.5) is 0 Å². The van der Waals surface area contributed by atoms with Crippen LogP contribution in [0.2, 0.25) is 0 Å². The zero-order valence-electron chi connectivity index (χ0n) is 15.8. The van der Waals surface area contributed by atoms with Crippen molar-refractivity contribution in [1.82, 2.24) is 15.1 Å². The summed E-state index contributed by atoms with van der Waals surface area (Å²) in [5.41, 5.74) is 1.58. The number of carbonyl (C=O) groups excluding carboxylic acids is 1. The maximum atomic E-state index is 12.5. The number of halogens is 2. The van der Waals surface area contributed by atoms with Crippen molar-refractivity contribution in [3.8, 4) is 0 Å². The lowest BCUT2D eigenvalue weighted by molar-refractivity contribution is -0.138. The molecule has 4 nitrogen and oxygen atoms in total. The summed E-state index contributed by atoms with van der Waals surface area (Å²) >= 11 is 0. The van der Waals surface area contributed by atoms with E-state index in [1.807, 2.05) is 7.05 Å². The van der Waals surface area contributed by atoms with E-state index in [0.29, 0.717) is 12.3 Å². The van der Waals surface area contributed by atoms with E-state index in [1.54, 1.807) is 0 Å². The second kappa shape index (κ2) is 11.1. The van der Waals surface area contributed by atoms with Crippen molar-refractivity contribution < 1.29 is 4.79 Å². The molecule has 1 heterocycles. The van der Waals surface area contributed by atoms with Crippen molar-refractivity contribution in [3.05, 3.63) is 35.9 Å². The second-order valence-electron chi connectivity index (χ2n) is 7.36. The van der Waals surface area contributed by atoms with Crippen molar-refractivity contribution in [3.63, 3.8) is 0 Å². The number of hydrogen-bond acceptors (Lipinski definition) is 3. The number of amides is 1. The van der Waals surface area contributed by atoms with Gasteiger partial charge in [-0.2, -0.15) is 0 Å². The van der Waals surface area contributed by atoms with Gasteiger partial charge in [0.15, 0.2) is 0 Å². The van der Waals surface area contributed by atoms with E-state index in [-0.39, 0.29) is 30.4 Å². The molecule has 26 heavy (non-hydrogen) atoms. The summed E-state index contributed by atoms with van der Waals surface area (Å²) in [6, 6.07) is 10.8. The highest BCUT2D eigenvalue weighted by Crippen LogP contribution is 2.37. The highest BCUT2D eigenvalue weighted by atomic mass is 35.5. The summed E-state index contributed by atoms with van der Waals surface area (Å²) in [5, 5.41) is 3.09. The lowest BCUT2D eigenvalue weighted by atomic mass is 9.78. The number of hydrogen-bond donors (Lipinski definition) is 1. The number of nitrogens with one attached hydrogen (secondary N) is 1. The number of nitrogens with zero attached hydrogens (tertiary/aromatic N) is 2. The minimum atomic E-state index is 0. The van der Waals surface area contributed by atoms with Gasteiger partial charge < -0.3 is 10.2 Å². The minimum Gasteiger partial charge on any atom is -0.340 e. The lowest BCUT2D eigenvalue weighted by Gasteiger charge is -2.53. The monoisotopic (exact) mass is 401 g/mol. The quantitative estimate of drug-likeness (QED) is 0.819. The smallest absolute Gasteiger partial charge is 0.223 e. The predicted molar refractivity (Wildman–Crippen MR) is 112 cm³/mol. The maximum Gasteiger partial charge on any atom is 0.223 e. The van der Waals surface area contributed by atoms with Crippen molar-refractivity contribution in [1.29, 1.82) is 0 Å². The molecule has 0 atom stereocenters. The highest BCUT2D eigenvalue weighted by molar-refractivity contribution is 5.85. The standard InChI is InChI=1S/C20H31N3O.2ClH/c1-21-13-10-19(24)22-14-15-23(16-18-8-4-2-5-9-18)20(17-22)11-6-3-7-12-20;;/h2,4-5,8-9,21H,3,6-7,10-17H2,1H3;2*1H. The van der Waals surface area contributed by atoms with E-state index in [2.05, 4.69) is 45.4 Å². The van der Waals surface area contributed by atoms with Crippen LogP contribution in [0.5, 0.6) is 0 Å². The average molecular weight is 402 g/mol. The molecule has 1 aliphatic heterocycles. The molecule has 0 aromatic heterocycles. The van der Waals surface area contributed by atoms with Gasteiger partial charge in [0, 0.05) is 44.7 Å². The molecule has 1 saturated carbocycles. The summed E-state index contributed by atoms with van der Waals surface area (Å²) in [6.07, 6.45) is 7.01. The zero-order chi connectivity index (χ0) is 16.8. The number of rotatable bonds is 5. The predicted octanol–water partition coefficient (Wildman–Crippen LogP) is 3.49. The molecular formula is C20H33Cl2N3O. The van der Waals surface area contributed by atoms with Gasteiger partial charge in [-0.1, -0.05) is 49.6 Å². The average Bonchev–Trinajstić information content (AvgIpc) is 2.63. The van der Waals surface area contributed by atoms with Crippen LogP contribution in [0.25, 0.3) is 0 Å². The summed E-state index contributed by atoms with van der Waals surface area (Å²) in [5.74, 6) is 0.314. The van der Waals surface area contributed by atoms with Gasteiger partial charge in [-0.15, -0.1) is 24.8 Å². The lowest BCUT2D eigenvalue weighted by Crippen LogP contribution is -2.63. The van der Waals surface area contributed by atoms with Crippen molar-refractivity contribution in [2.45, 2.75) is 50.6 Å². The third-order valence-corrected chi connectivity index (χ3v) is 5.74. The third kappa shape index (κ3) is 5.59. The normalized spacial score (nSPS) is 19.5. The summed E-state index contributed by atoms with van der Waals surface area (Å²) in [7, 11) is 1.91. The molecule has 0 bridgehead atoms. The Bertz CT molecular complexity index is 535. The van der Waals surface area contributed by atoms with Crippen LogP contribution in [-0.4, -0.2) is 54.5 Å². The Labute approximate surface area is 170 Å². The number of benzene rings is 1. The summed E-state index contributed by atoms with van der Waals surface area (Å²) < 4.78 is 0. The van der Waals surface area contributed by atoms with Crippen molar-refractivity contribution in [2.75, 3.05) is 33.2 Å². The van der Waals surface area contributed by atoms with E-state index >= 15 is 0 Å². The van der Waals surface area contributed by atoms with Crippen LogP contribution in [0, 0.1) is 0 Å². The molecule has 6 heteroatoms. The van der Waals surface area contributed by atoms with Crippen LogP contribution < -0.4 is 5.32 Å². The van der Waals surface area contributed by atoms with Gasteiger partial charge in [0.05, 0.1) is 0 Å². The van der Waals surface area contributed by atoms with Crippen LogP contribution in [-0.2, 0) is 11.3 Å². The van der Waals surface area contributed by atoms with Gasteiger partial charge in [0.25, 0.3) is 0 Å². The Balaban J connectivity index is 0.00000169. The van der Waals surface area contributed by atoms with Gasteiger partial charge >= 0.3 is 0 Å². The van der Waals surface area contributed by atoms with E-state index in [9.17, 15) is 4.79 Å². The molecule has 0 radical (unpaired) electrons. The molecule has 1 aliphatic carbocycles. The fraction of sp³-hybridized carbons (Fsp3) is 0.650. The van der Waals surface area contributed by atoms with E-state index in [1.165, 1.54) is 37.7 Å². The Hall–Kier alpha value is -0.810. The van der Waals surface area contributed by atoms with E-state index < -0.39 is 0 Å². The first-order chi connectivity index (χ1) is 11.7. The van der Waals surface area contributed by atoms with Gasteiger partial charge in [-0.3, -0.25) is 9.69 Å². The largest absolute Gasteiger partial charge is 0.340 e. The fourth-order valence-electron chi connectivity index (χ4n) is 4.35. The maximum absolute atomic E-state index is 12.5. The third-order valence-electron chi connectivity index (χ3n) is 5.74. The molecule has 1 N–H and O–H groups in total. The van der Waals surface area contributed by atoms with Crippen LogP contribution in [0.15, 0.2) is 30.3 Å². The molecule has 2 fully saturated rings. The molecule has 2 aliphatic rings. The first-order valence-corrected chi connectivity index (χ1v) is 9.45. The van der Waals surface area contributed by atoms with E-state index in [0.717, 1.165) is 32.7 Å². The molecule has 1 aromatic carbocycles. The van der Waals surface area contributed by atoms with Gasteiger partial charge in [-0.25, -0.2) is 0 Å². The van der Waals surface area contributed by atoms with Gasteiger partial charge in [-0.05, 0) is 25.5 Å². The van der Waals surface area contributed by atoms with E-state index in [4.69, 9.17) is 0 Å². The van der Waals surface area contributed by atoms with Gasteiger partial charge in [0.1, 0.15) is 0 Å². The minimum absolute atomic E-state index is 0. The first kappa shape index (κ1) is 23.2. The molecule has 148 valence electrons. The van der Waals surface area contributed by atoms with Crippen molar-refractivity contribution in [2.24, 2.45) is 0 Å².